The smallest absolute Gasteiger partial charge is 0.229 e. The number of carbonyl (C=O) groups is 1. The number of nitrogens with zero attached hydrogens (tertiary/aromatic N) is 4. The van der Waals surface area contributed by atoms with Crippen molar-refractivity contribution in [2.75, 3.05) is 5.32 Å². The molecule has 0 fully saturated rings. The number of hydrogen-bond acceptors (Lipinski definition) is 5. The first kappa shape index (κ1) is 22.6. The minimum Gasteiger partial charge on any atom is -0.338 e. The van der Waals surface area contributed by atoms with Gasteiger partial charge in [0.2, 0.25) is 5.91 Å². The zero-order chi connectivity index (χ0) is 25.6. The fourth-order valence-corrected chi connectivity index (χ4v) is 4.28. The number of nitrogens with one attached hydrogen (secondary N) is 3. The Balaban J connectivity index is 1.40. The molecule has 0 saturated carbocycles. The second kappa shape index (κ2) is 8.67. The van der Waals surface area contributed by atoms with Crippen molar-refractivity contribution in [1.29, 1.82) is 0 Å². The number of H-pyrrole nitrogens is 2. The summed E-state index contributed by atoms with van der Waals surface area (Å²) >= 11 is 0. The lowest BCUT2D eigenvalue weighted by Crippen LogP contribution is -2.27. The first-order chi connectivity index (χ1) is 17.9. The van der Waals surface area contributed by atoms with Crippen LogP contribution in [0.3, 0.4) is 0 Å². The maximum Gasteiger partial charge on any atom is 0.229 e. The Kier molecular flexibility index (Phi) is 5.30. The molecular formula is C29H25N7O. The molecule has 0 spiro atoms. The Hall–Kier alpha value is -4.85. The summed E-state index contributed by atoms with van der Waals surface area (Å²) in [5, 5.41) is 12.6. The summed E-state index contributed by atoms with van der Waals surface area (Å²) < 4.78 is 0. The number of aromatic amines is 2. The van der Waals surface area contributed by atoms with Gasteiger partial charge in [-0.1, -0.05) is 32.9 Å². The highest BCUT2D eigenvalue weighted by atomic mass is 16.2. The molecule has 0 saturated heterocycles. The van der Waals surface area contributed by atoms with E-state index in [1.165, 1.54) is 0 Å². The minimum atomic E-state index is -0.495. The van der Waals surface area contributed by atoms with E-state index in [2.05, 4.69) is 47.6 Å². The van der Waals surface area contributed by atoms with Crippen LogP contribution in [0.15, 0.2) is 79.4 Å². The predicted molar refractivity (Wildman–Crippen MR) is 146 cm³/mol. The summed E-state index contributed by atoms with van der Waals surface area (Å²) in [6, 6.07) is 17.9. The highest BCUT2D eigenvalue weighted by Crippen LogP contribution is 2.34. The first-order valence-corrected chi connectivity index (χ1v) is 12.0. The molecule has 0 aliphatic rings. The first-order valence-electron chi connectivity index (χ1n) is 12.0. The fraction of sp³-hybridized carbons (Fsp3) is 0.138. The van der Waals surface area contributed by atoms with Crippen LogP contribution >= 0.6 is 0 Å². The van der Waals surface area contributed by atoms with Crippen molar-refractivity contribution >= 4 is 33.5 Å². The normalized spacial score (nSPS) is 11.8. The van der Waals surface area contributed by atoms with E-state index in [9.17, 15) is 4.79 Å². The second-order valence-corrected chi connectivity index (χ2v) is 10.0. The van der Waals surface area contributed by atoms with E-state index in [0.717, 1.165) is 55.7 Å². The summed E-state index contributed by atoms with van der Waals surface area (Å²) in [4.78, 5) is 29.3. The van der Waals surface area contributed by atoms with Gasteiger partial charge < -0.3 is 10.3 Å². The third-order valence-electron chi connectivity index (χ3n) is 6.30. The molecule has 0 radical (unpaired) electrons. The number of carbonyl (C=O) groups excluding carboxylic acids is 1. The molecule has 8 heteroatoms. The number of rotatable bonds is 4. The number of pyridine rings is 3. The van der Waals surface area contributed by atoms with Crippen molar-refractivity contribution in [1.82, 2.24) is 30.1 Å². The summed E-state index contributed by atoms with van der Waals surface area (Å²) in [6.07, 6.45) is 7.02. The van der Waals surface area contributed by atoms with Crippen molar-refractivity contribution in [3.63, 3.8) is 0 Å². The van der Waals surface area contributed by atoms with Crippen LogP contribution in [0.1, 0.15) is 20.8 Å². The Labute approximate surface area is 213 Å². The zero-order valence-electron chi connectivity index (χ0n) is 20.7. The molecule has 0 atom stereocenters. The minimum absolute atomic E-state index is 0.0588. The zero-order valence-corrected chi connectivity index (χ0v) is 20.7. The molecule has 5 aromatic heterocycles. The number of hydrogen-bond donors (Lipinski definition) is 3. The maximum atomic E-state index is 12.4. The molecule has 6 rings (SSSR count). The third kappa shape index (κ3) is 4.23. The van der Waals surface area contributed by atoms with E-state index in [1.807, 2.05) is 63.2 Å². The molecule has 37 heavy (non-hydrogen) atoms. The van der Waals surface area contributed by atoms with Gasteiger partial charge >= 0.3 is 0 Å². The van der Waals surface area contributed by atoms with E-state index in [0.29, 0.717) is 5.69 Å². The van der Waals surface area contributed by atoms with Crippen molar-refractivity contribution in [2.24, 2.45) is 5.41 Å². The van der Waals surface area contributed by atoms with Gasteiger partial charge in [0.1, 0.15) is 11.3 Å². The average molecular weight is 488 g/mol. The van der Waals surface area contributed by atoms with Crippen LogP contribution in [0.25, 0.3) is 55.7 Å². The van der Waals surface area contributed by atoms with Crippen LogP contribution in [-0.2, 0) is 4.79 Å². The Morgan fingerprint density at radius 2 is 1.78 bits per heavy atom. The number of fused-ring (bicyclic) bond motifs is 2. The van der Waals surface area contributed by atoms with Gasteiger partial charge in [0.05, 0.1) is 28.8 Å². The number of benzene rings is 1. The summed E-state index contributed by atoms with van der Waals surface area (Å²) in [5.74, 6) is -0.0588. The van der Waals surface area contributed by atoms with E-state index < -0.39 is 5.41 Å². The van der Waals surface area contributed by atoms with E-state index in [1.54, 1.807) is 24.8 Å². The van der Waals surface area contributed by atoms with E-state index >= 15 is 0 Å². The van der Waals surface area contributed by atoms with Crippen LogP contribution in [-0.4, -0.2) is 36.0 Å². The summed E-state index contributed by atoms with van der Waals surface area (Å²) in [5.41, 5.74) is 7.28. The van der Waals surface area contributed by atoms with Gasteiger partial charge in [0, 0.05) is 45.9 Å². The largest absolute Gasteiger partial charge is 0.338 e. The molecule has 6 aromatic rings. The monoisotopic (exact) mass is 487 g/mol. The highest BCUT2D eigenvalue weighted by Gasteiger charge is 2.21. The summed E-state index contributed by atoms with van der Waals surface area (Å²) in [6.45, 7) is 5.65. The van der Waals surface area contributed by atoms with Gasteiger partial charge in [0.25, 0.3) is 0 Å². The summed E-state index contributed by atoms with van der Waals surface area (Å²) in [7, 11) is 0. The van der Waals surface area contributed by atoms with Gasteiger partial charge in [-0.25, -0.2) is 4.98 Å². The molecule has 0 aliphatic heterocycles. The van der Waals surface area contributed by atoms with Crippen LogP contribution in [0.2, 0.25) is 0 Å². The molecule has 5 heterocycles. The molecule has 1 aromatic carbocycles. The maximum absolute atomic E-state index is 12.4. The molecule has 8 nitrogen and oxygen atoms in total. The predicted octanol–water partition coefficient (Wildman–Crippen LogP) is 6.21. The van der Waals surface area contributed by atoms with Crippen molar-refractivity contribution in [3.05, 3.63) is 79.4 Å². The molecule has 0 unspecified atom stereocenters. The Morgan fingerprint density at radius 3 is 2.59 bits per heavy atom. The Morgan fingerprint density at radius 1 is 0.892 bits per heavy atom. The van der Waals surface area contributed by atoms with Gasteiger partial charge in [0.15, 0.2) is 0 Å². The van der Waals surface area contributed by atoms with E-state index in [-0.39, 0.29) is 5.91 Å². The van der Waals surface area contributed by atoms with Gasteiger partial charge in [-0.3, -0.25) is 19.9 Å². The standard InChI is InChI=1S/C29H25N7O/c1-29(2,3)28(37)33-19-12-18(15-30-16-19)17-7-8-24-22(13-17)26(36-35-24)25-14-21-20(9-11-32-27(21)34-25)23-6-4-5-10-31-23/h4-16H,1-3H3,(H,32,34)(H,33,37)(H,35,36). The number of amides is 1. The number of anilines is 1. The van der Waals surface area contributed by atoms with Crippen LogP contribution in [0.5, 0.6) is 0 Å². The van der Waals surface area contributed by atoms with Gasteiger partial charge in [-0.15, -0.1) is 0 Å². The van der Waals surface area contributed by atoms with Crippen LogP contribution in [0.4, 0.5) is 5.69 Å². The topological polar surface area (TPSA) is 112 Å². The molecule has 0 bridgehead atoms. The average Bonchev–Trinajstić information content (AvgIpc) is 3.52. The molecular weight excluding hydrogens is 462 g/mol. The number of aromatic nitrogens is 6. The molecule has 182 valence electrons. The van der Waals surface area contributed by atoms with Crippen molar-refractivity contribution < 1.29 is 4.79 Å². The van der Waals surface area contributed by atoms with Crippen molar-refractivity contribution in [3.8, 4) is 33.8 Å². The quantitative estimate of drug-likeness (QED) is 0.273. The van der Waals surface area contributed by atoms with Gasteiger partial charge in [-0.05, 0) is 48.0 Å². The lowest BCUT2D eigenvalue weighted by Gasteiger charge is -2.17. The third-order valence-corrected chi connectivity index (χ3v) is 6.30. The van der Waals surface area contributed by atoms with Crippen molar-refractivity contribution in [2.45, 2.75) is 20.8 Å². The molecule has 0 aliphatic carbocycles. The molecule has 1 amide bonds. The highest BCUT2D eigenvalue weighted by molar-refractivity contribution is 6.00. The Bertz CT molecular complexity index is 1760. The SMILES string of the molecule is CC(C)(C)C(=O)Nc1cncc(-c2ccc3[nH]nc(-c4cc5c(-c6ccccn6)ccnc5[nH]4)c3c2)c1. The van der Waals surface area contributed by atoms with Gasteiger partial charge in [-0.2, -0.15) is 5.10 Å². The van der Waals surface area contributed by atoms with E-state index in [4.69, 9.17) is 0 Å². The fourth-order valence-electron chi connectivity index (χ4n) is 4.28. The van der Waals surface area contributed by atoms with Crippen LogP contribution in [0, 0.1) is 5.41 Å². The second-order valence-electron chi connectivity index (χ2n) is 10.0. The lowest BCUT2D eigenvalue weighted by atomic mass is 9.95. The lowest BCUT2D eigenvalue weighted by molar-refractivity contribution is -0.123. The van der Waals surface area contributed by atoms with Crippen LogP contribution < -0.4 is 5.32 Å². The molecule has 3 N–H and O–H groups in total.